The van der Waals surface area contributed by atoms with Crippen molar-refractivity contribution >= 4 is 29.7 Å². The number of fused-ring (bicyclic) bond motifs is 5. The molecule has 0 radical (unpaired) electrons. The van der Waals surface area contributed by atoms with Crippen molar-refractivity contribution in [1.82, 2.24) is 4.90 Å². The van der Waals surface area contributed by atoms with E-state index in [1.807, 2.05) is 0 Å². The van der Waals surface area contributed by atoms with Crippen LogP contribution in [0.5, 0.6) is 0 Å². The highest BCUT2D eigenvalue weighted by Gasteiger charge is 2.60. The van der Waals surface area contributed by atoms with Crippen molar-refractivity contribution in [3.05, 3.63) is 12.2 Å². The number of imide groups is 1. The van der Waals surface area contributed by atoms with Gasteiger partial charge in [-0.1, -0.05) is 12.2 Å². The summed E-state index contributed by atoms with van der Waals surface area (Å²) in [7, 11) is 0. The number of carbonyl (C=O) groups excluding carboxylic acids is 5. The Morgan fingerprint density at radius 2 is 1.13 bits per heavy atom. The van der Waals surface area contributed by atoms with E-state index in [0.29, 0.717) is 0 Å². The number of rotatable bonds is 14. The highest BCUT2D eigenvalue weighted by molar-refractivity contribution is 6.06. The zero-order valence-electron chi connectivity index (χ0n) is 22.0. The summed E-state index contributed by atoms with van der Waals surface area (Å²) in [5.41, 5.74) is -5.14. The molecule has 0 aromatic rings. The van der Waals surface area contributed by atoms with E-state index in [4.69, 9.17) is 18.9 Å². The summed E-state index contributed by atoms with van der Waals surface area (Å²) >= 11 is 0. The molecule has 3 rings (SSSR count). The normalized spacial score (nSPS) is 24.2. The molecule has 2 bridgehead atoms. The quantitative estimate of drug-likeness (QED) is 0.0758. The van der Waals surface area contributed by atoms with Crippen LogP contribution in [0.15, 0.2) is 12.2 Å². The third-order valence-corrected chi connectivity index (χ3v) is 7.47. The molecule has 0 spiro atoms. The second kappa shape index (κ2) is 11.7. The Morgan fingerprint density at radius 1 is 0.744 bits per heavy atom. The van der Waals surface area contributed by atoms with E-state index >= 15 is 0 Å². The molecule has 3 heterocycles. The van der Waals surface area contributed by atoms with Gasteiger partial charge in [-0.05, 0) is 20.8 Å². The molecule has 218 valence electrons. The molecule has 2 amide bonds. The molecule has 0 saturated carbocycles. The fraction of sp³-hybridized carbons (Fsp3) is 0.720. The second-order valence-corrected chi connectivity index (χ2v) is 10.9. The number of carbonyl (C=O) groups is 5. The zero-order valence-corrected chi connectivity index (χ0v) is 22.0. The van der Waals surface area contributed by atoms with Crippen LogP contribution in [0.4, 0.5) is 0 Å². The van der Waals surface area contributed by atoms with Gasteiger partial charge in [0, 0.05) is 0 Å². The van der Waals surface area contributed by atoms with Gasteiger partial charge in [-0.15, -0.1) is 0 Å². The molecule has 14 heteroatoms. The maximum absolute atomic E-state index is 13.1. The number of likely N-dealkylation sites (tertiary alicyclic amines) is 1. The van der Waals surface area contributed by atoms with Crippen LogP contribution in [0.2, 0.25) is 0 Å². The van der Waals surface area contributed by atoms with Gasteiger partial charge < -0.3 is 39.4 Å². The van der Waals surface area contributed by atoms with Crippen molar-refractivity contribution < 1.29 is 63.3 Å². The summed E-state index contributed by atoms with van der Waals surface area (Å²) in [5.74, 6) is -5.15. The summed E-state index contributed by atoms with van der Waals surface area (Å²) in [6.07, 6.45) is 2.55. The Kier molecular flexibility index (Phi) is 9.17. The first-order valence-corrected chi connectivity index (χ1v) is 12.4. The smallest absolute Gasteiger partial charge is 0.318 e. The molecule has 2 saturated heterocycles. The lowest BCUT2D eigenvalue weighted by Gasteiger charge is -2.31. The Bertz CT molecular complexity index is 951. The summed E-state index contributed by atoms with van der Waals surface area (Å²) in [4.78, 5) is 64.5. The summed E-state index contributed by atoms with van der Waals surface area (Å²) < 4.78 is 21.2. The van der Waals surface area contributed by atoms with Crippen LogP contribution in [0.3, 0.4) is 0 Å². The lowest BCUT2D eigenvalue weighted by molar-refractivity contribution is -0.179. The zero-order chi connectivity index (χ0) is 29.2. The Balaban J connectivity index is 1.65. The van der Waals surface area contributed by atoms with Gasteiger partial charge >= 0.3 is 17.9 Å². The third kappa shape index (κ3) is 5.70. The van der Waals surface area contributed by atoms with Gasteiger partial charge in [0.1, 0.15) is 36.1 Å². The van der Waals surface area contributed by atoms with Gasteiger partial charge in [-0.3, -0.25) is 28.9 Å². The number of esters is 3. The minimum absolute atomic E-state index is 0.230. The Hall–Kier alpha value is -2.91. The molecule has 0 aliphatic carbocycles. The van der Waals surface area contributed by atoms with E-state index in [0.717, 1.165) is 4.90 Å². The summed E-state index contributed by atoms with van der Waals surface area (Å²) in [6, 6.07) is 0. The average molecular weight is 558 g/mol. The molecule has 4 N–H and O–H groups in total. The fourth-order valence-electron chi connectivity index (χ4n) is 4.31. The maximum Gasteiger partial charge on any atom is 0.318 e. The first kappa shape index (κ1) is 30.6. The van der Waals surface area contributed by atoms with E-state index in [1.165, 1.54) is 20.8 Å². The molecule has 14 nitrogen and oxygen atoms in total. The summed E-state index contributed by atoms with van der Waals surface area (Å²) in [6.45, 7) is -1.25. The van der Waals surface area contributed by atoms with Crippen LogP contribution in [0.25, 0.3) is 0 Å². The molecule has 0 aromatic heterocycles. The lowest BCUT2D eigenvalue weighted by Crippen LogP contribution is -2.46. The van der Waals surface area contributed by atoms with Crippen LogP contribution in [-0.2, 0) is 42.9 Å². The molecule has 3 aliphatic heterocycles. The number of aliphatic hydroxyl groups excluding tert-OH is 4. The molecular formula is C25H35NO13. The van der Waals surface area contributed by atoms with Crippen molar-refractivity contribution in [3.63, 3.8) is 0 Å². The standard InChI is InChI=1S/C25H35NO13/c1-23(8-27,9-28)20(33)37-12-25(3,13-38-21(34)24(2,10-29)11-30)22(35)36-7-6-26-18(31)16-14-4-5-15(39-14)17(16)19(26)32/h4-5,14-17,27-30H,6-13H2,1-3H3/t14?,15?,16-,17+. The molecule has 4 atom stereocenters. The van der Waals surface area contributed by atoms with Crippen molar-refractivity contribution in [3.8, 4) is 0 Å². The maximum atomic E-state index is 13.1. The van der Waals surface area contributed by atoms with Crippen molar-refractivity contribution in [2.24, 2.45) is 28.1 Å². The highest BCUT2D eigenvalue weighted by Crippen LogP contribution is 2.45. The first-order chi connectivity index (χ1) is 18.3. The monoisotopic (exact) mass is 557 g/mol. The summed E-state index contributed by atoms with van der Waals surface area (Å²) in [5, 5.41) is 37.7. The first-order valence-electron chi connectivity index (χ1n) is 12.4. The van der Waals surface area contributed by atoms with Gasteiger partial charge in [0.15, 0.2) is 0 Å². The van der Waals surface area contributed by atoms with E-state index in [1.54, 1.807) is 12.2 Å². The second-order valence-electron chi connectivity index (χ2n) is 10.9. The van der Waals surface area contributed by atoms with Gasteiger partial charge in [-0.2, -0.15) is 0 Å². The van der Waals surface area contributed by atoms with E-state index < -0.39 is 116 Å². The molecule has 2 unspecified atom stereocenters. The predicted molar refractivity (Wildman–Crippen MR) is 127 cm³/mol. The number of amides is 2. The fourth-order valence-corrected chi connectivity index (χ4v) is 4.31. The van der Waals surface area contributed by atoms with Crippen LogP contribution < -0.4 is 0 Å². The van der Waals surface area contributed by atoms with Crippen LogP contribution in [-0.4, -0.2) is 120 Å². The van der Waals surface area contributed by atoms with E-state index in [-0.39, 0.29) is 6.54 Å². The largest absolute Gasteiger partial charge is 0.464 e. The minimum atomic E-state index is -1.81. The number of aliphatic hydroxyl groups is 4. The number of ether oxygens (including phenoxy) is 4. The highest BCUT2D eigenvalue weighted by atomic mass is 16.6. The van der Waals surface area contributed by atoms with E-state index in [2.05, 4.69) is 0 Å². The Labute approximate surface area is 224 Å². The Morgan fingerprint density at radius 3 is 1.51 bits per heavy atom. The van der Waals surface area contributed by atoms with Gasteiger partial charge in [0.25, 0.3) is 0 Å². The number of nitrogens with zero attached hydrogens (tertiary/aromatic N) is 1. The van der Waals surface area contributed by atoms with Crippen molar-refractivity contribution in [1.29, 1.82) is 0 Å². The number of hydrogen-bond acceptors (Lipinski definition) is 13. The molecule has 3 aliphatic rings. The molecular weight excluding hydrogens is 522 g/mol. The van der Waals surface area contributed by atoms with Crippen LogP contribution in [0.1, 0.15) is 20.8 Å². The molecule has 2 fully saturated rings. The van der Waals surface area contributed by atoms with Crippen molar-refractivity contribution in [2.75, 3.05) is 52.8 Å². The van der Waals surface area contributed by atoms with Crippen LogP contribution >= 0.6 is 0 Å². The predicted octanol–water partition coefficient (Wildman–Crippen LogP) is -2.46. The van der Waals surface area contributed by atoms with Crippen LogP contribution in [0, 0.1) is 28.1 Å². The lowest BCUT2D eigenvalue weighted by atomic mass is 9.85. The molecule has 39 heavy (non-hydrogen) atoms. The van der Waals surface area contributed by atoms with Crippen molar-refractivity contribution in [2.45, 2.75) is 33.0 Å². The number of hydrogen-bond donors (Lipinski definition) is 4. The van der Waals surface area contributed by atoms with E-state index in [9.17, 15) is 44.4 Å². The SMILES string of the molecule is CC(CO)(CO)C(=O)OCC(C)(COC(=O)C(C)(CO)CO)C(=O)OCCN1C(=O)[C@@H]2C3C=CC(O3)[C@@H]2C1=O. The minimum Gasteiger partial charge on any atom is -0.464 e. The van der Waals surface area contributed by atoms with Gasteiger partial charge in [0.2, 0.25) is 11.8 Å². The van der Waals surface area contributed by atoms with Gasteiger partial charge in [-0.25, -0.2) is 0 Å². The topological polar surface area (TPSA) is 206 Å². The molecule has 0 aromatic carbocycles. The average Bonchev–Trinajstić information content (AvgIpc) is 3.63. The third-order valence-electron chi connectivity index (χ3n) is 7.47. The van der Waals surface area contributed by atoms with Gasteiger partial charge in [0.05, 0.1) is 57.0 Å².